The minimum absolute atomic E-state index is 1.95. The second-order valence-corrected chi connectivity index (χ2v) is 1.24. The van der Waals surface area contributed by atoms with Crippen LogP contribution in [0.3, 0.4) is 0 Å². The molecule has 0 aromatic carbocycles. The standard InChI is InChI=1S/C2N2OS/c1-3-6(5)4-2. The summed E-state index contributed by atoms with van der Waals surface area (Å²) in [5, 5.41) is 0. The van der Waals surface area contributed by atoms with Crippen molar-refractivity contribution < 1.29 is 4.21 Å². The van der Waals surface area contributed by atoms with E-state index in [0.717, 1.165) is 0 Å². The highest BCUT2D eigenvalue weighted by molar-refractivity contribution is 7.88. The van der Waals surface area contributed by atoms with E-state index >= 15 is 0 Å². The van der Waals surface area contributed by atoms with Gasteiger partial charge in [0.15, 0.2) is 0 Å². The van der Waals surface area contributed by atoms with Gasteiger partial charge in [-0.25, -0.2) is 13.1 Å². The lowest BCUT2D eigenvalue weighted by Gasteiger charge is -1.47. The van der Waals surface area contributed by atoms with Crippen molar-refractivity contribution in [2.24, 2.45) is 0 Å². The van der Waals surface area contributed by atoms with Crippen LogP contribution < -0.4 is 0 Å². The Kier molecular flexibility index (Phi) is 2.03. The molecule has 0 amide bonds. The summed E-state index contributed by atoms with van der Waals surface area (Å²) in [7, 11) is 0. The number of hydrogen-bond donors (Lipinski definition) is 0. The molecule has 0 bridgehead atoms. The molecule has 0 aromatic rings. The summed E-state index contributed by atoms with van der Waals surface area (Å²) < 4.78 is 14.3. The summed E-state index contributed by atoms with van der Waals surface area (Å²) in [6, 6.07) is 0. The molecule has 0 aliphatic rings. The van der Waals surface area contributed by atoms with Crippen LogP contribution in [0.2, 0.25) is 0 Å². The van der Waals surface area contributed by atoms with E-state index in [1.165, 1.54) is 0 Å². The van der Waals surface area contributed by atoms with Crippen molar-refractivity contribution in [1.29, 1.82) is 0 Å². The van der Waals surface area contributed by atoms with E-state index in [2.05, 4.69) is 8.50 Å². The molecular formula is C2N2OS. The second kappa shape index (κ2) is 2.37. The molecule has 0 rings (SSSR count). The number of hydrogen-bond acceptors (Lipinski definition) is 1. The van der Waals surface area contributed by atoms with Crippen LogP contribution in [0.5, 0.6) is 0 Å². The van der Waals surface area contributed by atoms with Crippen molar-refractivity contribution in [1.82, 2.24) is 0 Å². The molecule has 0 N–H and O–H groups in total. The molecule has 0 radical (unpaired) electrons. The molecule has 0 fully saturated rings. The van der Waals surface area contributed by atoms with Crippen LogP contribution in [0.25, 0.3) is 8.50 Å². The van der Waals surface area contributed by atoms with Crippen molar-refractivity contribution >= 4 is 11.2 Å². The minimum atomic E-state index is -1.95. The van der Waals surface area contributed by atoms with Crippen LogP contribution in [0, 0.1) is 13.1 Å². The van der Waals surface area contributed by atoms with Gasteiger partial charge >= 0.3 is 11.2 Å². The first-order valence-corrected chi connectivity index (χ1v) is 2.04. The maximum atomic E-state index is 9.58. The third kappa shape index (κ3) is 1.45. The van der Waals surface area contributed by atoms with Crippen LogP contribution in [-0.4, -0.2) is 4.21 Å². The summed E-state index contributed by atoms with van der Waals surface area (Å²) >= 11 is -1.95. The SMILES string of the molecule is [C-]#[N+]S(=O)[N+]#[C-]. The van der Waals surface area contributed by atoms with Crippen LogP contribution in [0.15, 0.2) is 0 Å². The first-order valence-electron chi connectivity index (χ1n) is 0.979. The molecule has 0 aromatic heterocycles. The predicted molar refractivity (Wildman–Crippen MR) is 21.3 cm³/mol. The molecule has 30 valence electrons. The van der Waals surface area contributed by atoms with Gasteiger partial charge in [0.05, 0.1) is 0 Å². The highest BCUT2D eigenvalue weighted by Gasteiger charge is 2.00. The molecule has 4 heteroatoms. The van der Waals surface area contributed by atoms with E-state index < -0.39 is 11.2 Å². The van der Waals surface area contributed by atoms with Gasteiger partial charge < -0.3 is 0 Å². The van der Waals surface area contributed by atoms with Gasteiger partial charge in [0, 0.05) is 0 Å². The van der Waals surface area contributed by atoms with Crippen molar-refractivity contribution in [2.75, 3.05) is 0 Å². The van der Waals surface area contributed by atoms with Crippen LogP contribution in [0.1, 0.15) is 0 Å². The summed E-state index contributed by atoms with van der Waals surface area (Å²) in [6.07, 6.45) is 0. The predicted octanol–water partition coefficient (Wildman–Crippen LogP) is 0.404. The van der Waals surface area contributed by atoms with Gasteiger partial charge in [-0.15, -0.1) is 8.50 Å². The molecule has 0 saturated heterocycles. The number of nitrogens with zero attached hydrogens (tertiary/aromatic N) is 2. The van der Waals surface area contributed by atoms with E-state index in [-0.39, 0.29) is 0 Å². The van der Waals surface area contributed by atoms with Crippen molar-refractivity contribution in [2.45, 2.75) is 0 Å². The normalized spacial score (nSPS) is 6.50. The summed E-state index contributed by atoms with van der Waals surface area (Å²) in [5.41, 5.74) is 0. The van der Waals surface area contributed by atoms with Gasteiger partial charge in [0.1, 0.15) is 0 Å². The van der Waals surface area contributed by atoms with Crippen LogP contribution >= 0.6 is 0 Å². The van der Waals surface area contributed by atoms with E-state index in [1.807, 2.05) is 0 Å². The Bertz CT molecular complexity index is 123. The van der Waals surface area contributed by atoms with Crippen LogP contribution in [0.4, 0.5) is 0 Å². The van der Waals surface area contributed by atoms with Crippen molar-refractivity contribution in [3.8, 4) is 0 Å². The van der Waals surface area contributed by atoms with Gasteiger partial charge in [-0.2, -0.15) is 0 Å². The summed E-state index contributed by atoms with van der Waals surface area (Å²) in [6.45, 7) is 11.8. The smallest absolute Gasteiger partial charge is 0.200 e. The van der Waals surface area contributed by atoms with E-state index in [0.29, 0.717) is 0 Å². The van der Waals surface area contributed by atoms with Gasteiger partial charge in [0.25, 0.3) is 0 Å². The maximum Gasteiger partial charge on any atom is 0.751 e. The monoisotopic (exact) mass is 100.0 g/mol. The molecule has 0 spiro atoms. The topological polar surface area (TPSA) is 25.8 Å². The Morgan fingerprint density at radius 3 is 1.67 bits per heavy atom. The molecule has 3 nitrogen and oxygen atoms in total. The fourth-order valence-corrected chi connectivity index (χ4v) is 0.0612. The molecule has 0 atom stereocenters. The van der Waals surface area contributed by atoms with Crippen molar-refractivity contribution in [3.05, 3.63) is 21.6 Å². The Morgan fingerprint density at radius 1 is 1.33 bits per heavy atom. The van der Waals surface area contributed by atoms with Gasteiger partial charge in [0.2, 0.25) is 0 Å². The Morgan fingerprint density at radius 2 is 1.67 bits per heavy atom. The average molecular weight is 100 g/mol. The molecule has 0 aliphatic heterocycles. The first-order chi connectivity index (χ1) is 2.81. The van der Waals surface area contributed by atoms with Gasteiger partial charge in [-0.3, -0.25) is 0 Å². The zero-order chi connectivity index (χ0) is 4.99. The average Bonchev–Trinajstić information content (AvgIpc) is 1.65. The molecule has 0 unspecified atom stereocenters. The minimum Gasteiger partial charge on any atom is -0.200 e. The quantitative estimate of drug-likeness (QED) is 0.405. The third-order valence-electron chi connectivity index (χ3n) is 0.156. The second-order valence-electron chi connectivity index (χ2n) is 0.413. The summed E-state index contributed by atoms with van der Waals surface area (Å²) in [4.78, 5) is 0. The highest BCUT2D eigenvalue weighted by Crippen LogP contribution is 1.78. The zero-order valence-corrected chi connectivity index (χ0v) is 3.53. The maximum absolute atomic E-state index is 9.58. The Hall–Kier alpha value is -0.870. The molecule has 6 heavy (non-hydrogen) atoms. The molecule has 0 aliphatic carbocycles. The first kappa shape index (κ1) is 5.13. The van der Waals surface area contributed by atoms with E-state index in [9.17, 15) is 4.21 Å². The Labute approximate surface area is 38.0 Å². The fourth-order valence-electron chi connectivity index (χ4n) is 0.0204. The van der Waals surface area contributed by atoms with Gasteiger partial charge in [-0.1, -0.05) is 4.21 Å². The van der Waals surface area contributed by atoms with Crippen LogP contribution in [-0.2, 0) is 11.2 Å². The van der Waals surface area contributed by atoms with E-state index in [4.69, 9.17) is 13.1 Å². The molecule has 0 saturated carbocycles. The summed E-state index contributed by atoms with van der Waals surface area (Å²) in [5.74, 6) is 0. The van der Waals surface area contributed by atoms with Gasteiger partial charge in [-0.05, 0) is 0 Å². The lowest BCUT2D eigenvalue weighted by Crippen LogP contribution is -1.59. The number of rotatable bonds is 0. The third-order valence-corrected chi connectivity index (χ3v) is 0.469. The fraction of sp³-hybridized carbons (Fsp3) is 0. The molecular weight excluding hydrogens is 100 g/mol. The van der Waals surface area contributed by atoms with E-state index in [1.54, 1.807) is 0 Å². The lowest BCUT2D eigenvalue weighted by molar-refractivity contribution is 0.693. The molecule has 0 heterocycles. The highest BCUT2D eigenvalue weighted by atomic mass is 32.2. The lowest BCUT2D eigenvalue weighted by atomic mass is 11.8. The Balaban J connectivity index is 3.75. The van der Waals surface area contributed by atoms with Crippen molar-refractivity contribution in [3.63, 3.8) is 0 Å². The zero-order valence-electron chi connectivity index (χ0n) is 2.71. The largest absolute Gasteiger partial charge is 0.751 e.